The predicted molar refractivity (Wildman–Crippen MR) is 54.3 cm³/mol. The van der Waals surface area contributed by atoms with E-state index >= 15 is 0 Å². The molecule has 0 saturated carbocycles. The van der Waals surface area contributed by atoms with Gasteiger partial charge in [-0.2, -0.15) is 0 Å². The van der Waals surface area contributed by atoms with E-state index in [4.69, 9.17) is 10.5 Å². The quantitative estimate of drug-likeness (QED) is 0.570. The smallest absolute Gasteiger partial charge is 0.276 e. The van der Waals surface area contributed by atoms with E-state index in [0.717, 1.165) is 6.42 Å². The Bertz CT molecular complexity index is 336. The van der Waals surface area contributed by atoms with E-state index in [1.165, 1.54) is 6.33 Å². The Balaban J connectivity index is 2.51. The number of nitrogens with zero attached hydrogens (tertiary/aromatic N) is 1. The van der Waals surface area contributed by atoms with Gasteiger partial charge < -0.3 is 20.8 Å². The Morgan fingerprint density at radius 2 is 2.50 bits per heavy atom. The van der Waals surface area contributed by atoms with Gasteiger partial charge in [-0.05, 0) is 6.42 Å². The van der Waals surface area contributed by atoms with Crippen LogP contribution in [0.4, 0.5) is 11.5 Å². The van der Waals surface area contributed by atoms with Gasteiger partial charge in [-0.25, -0.2) is 4.98 Å². The number of H-pyrrole nitrogens is 1. The van der Waals surface area contributed by atoms with Crippen molar-refractivity contribution in [2.75, 3.05) is 31.3 Å². The molecule has 1 heterocycles. The number of hydrogen-bond acceptors (Lipinski definition) is 5. The van der Waals surface area contributed by atoms with Gasteiger partial charge in [0.15, 0.2) is 5.82 Å². The molecule has 14 heavy (non-hydrogen) atoms. The first-order valence-electron chi connectivity index (χ1n) is 4.31. The third-order valence-electron chi connectivity index (χ3n) is 1.71. The van der Waals surface area contributed by atoms with Gasteiger partial charge in [0.05, 0.1) is 6.33 Å². The fraction of sp³-hybridized carbons (Fsp3) is 0.500. The Labute approximate surface area is 81.5 Å². The first-order chi connectivity index (χ1) is 6.75. The van der Waals surface area contributed by atoms with Gasteiger partial charge in [0.2, 0.25) is 0 Å². The van der Waals surface area contributed by atoms with Crippen LogP contribution in [0.2, 0.25) is 0 Å². The summed E-state index contributed by atoms with van der Waals surface area (Å²) in [5, 5.41) is 2.95. The Morgan fingerprint density at radius 1 is 1.71 bits per heavy atom. The number of nitrogens with one attached hydrogen (secondary N) is 2. The molecule has 1 rings (SSSR count). The van der Waals surface area contributed by atoms with E-state index in [1.807, 2.05) is 0 Å². The van der Waals surface area contributed by atoms with Crippen molar-refractivity contribution in [2.45, 2.75) is 6.42 Å². The van der Waals surface area contributed by atoms with Gasteiger partial charge >= 0.3 is 0 Å². The topological polar surface area (TPSA) is 93.0 Å². The number of anilines is 2. The highest BCUT2D eigenvalue weighted by atomic mass is 16.5. The molecule has 6 nitrogen and oxygen atoms in total. The van der Waals surface area contributed by atoms with Crippen molar-refractivity contribution in [1.29, 1.82) is 0 Å². The van der Waals surface area contributed by atoms with Crippen LogP contribution in [0.15, 0.2) is 11.1 Å². The van der Waals surface area contributed by atoms with Crippen LogP contribution in [0.3, 0.4) is 0 Å². The number of aromatic nitrogens is 2. The molecule has 78 valence electrons. The largest absolute Gasteiger partial charge is 0.391 e. The van der Waals surface area contributed by atoms with Crippen molar-refractivity contribution in [3.05, 3.63) is 16.7 Å². The lowest BCUT2D eigenvalue weighted by atomic mass is 10.4. The Kier molecular flexibility index (Phi) is 3.93. The first kappa shape index (κ1) is 10.5. The number of nitrogens with two attached hydrogens (primary N) is 1. The fourth-order valence-corrected chi connectivity index (χ4v) is 0.974. The fourth-order valence-electron chi connectivity index (χ4n) is 0.974. The number of methoxy groups -OCH3 is 1. The van der Waals surface area contributed by atoms with Gasteiger partial charge in [-0.1, -0.05) is 0 Å². The molecule has 0 radical (unpaired) electrons. The number of aromatic amines is 1. The van der Waals surface area contributed by atoms with Crippen LogP contribution < -0.4 is 16.6 Å². The van der Waals surface area contributed by atoms with E-state index in [0.29, 0.717) is 19.0 Å². The highest BCUT2D eigenvalue weighted by Gasteiger charge is 2.02. The minimum atomic E-state index is -0.325. The highest BCUT2D eigenvalue weighted by molar-refractivity contribution is 5.58. The third-order valence-corrected chi connectivity index (χ3v) is 1.71. The molecule has 1 aromatic heterocycles. The zero-order valence-electron chi connectivity index (χ0n) is 8.04. The zero-order chi connectivity index (χ0) is 10.4. The van der Waals surface area contributed by atoms with E-state index in [2.05, 4.69) is 15.3 Å². The summed E-state index contributed by atoms with van der Waals surface area (Å²) in [6.45, 7) is 1.34. The number of hydrogen-bond donors (Lipinski definition) is 3. The second kappa shape index (κ2) is 5.23. The molecule has 0 aliphatic rings. The lowest BCUT2D eigenvalue weighted by molar-refractivity contribution is 0.198. The molecule has 0 aliphatic carbocycles. The molecule has 0 fully saturated rings. The summed E-state index contributed by atoms with van der Waals surface area (Å²) in [6, 6.07) is 0. The molecule has 0 aromatic carbocycles. The average molecular weight is 198 g/mol. The summed E-state index contributed by atoms with van der Waals surface area (Å²) in [6.07, 6.45) is 2.15. The highest BCUT2D eigenvalue weighted by Crippen LogP contribution is 2.06. The SMILES string of the molecule is COCCCNc1nc[nH]c(=O)c1N. The molecule has 4 N–H and O–H groups in total. The molecule has 0 atom stereocenters. The zero-order valence-corrected chi connectivity index (χ0v) is 8.04. The molecular weight excluding hydrogens is 184 g/mol. The van der Waals surface area contributed by atoms with Crippen LogP contribution in [0.25, 0.3) is 0 Å². The maximum Gasteiger partial charge on any atom is 0.276 e. The van der Waals surface area contributed by atoms with Crippen molar-refractivity contribution < 1.29 is 4.74 Å². The van der Waals surface area contributed by atoms with Gasteiger partial charge in [-0.3, -0.25) is 4.79 Å². The Hall–Kier alpha value is -1.56. The average Bonchev–Trinajstić information content (AvgIpc) is 2.19. The molecule has 0 saturated heterocycles. The minimum absolute atomic E-state index is 0.116. The molecule has 1 aromatic rings. The van der Waals surface area contributed by atoms with Crippen LogP contribution in [-0.4, -0.2) is 30.2 Å². The van der Waals surface area contributed by atoms with Gasteiger partial charge in [0.1, 0.15) is 5.69 Å². The molecule has 0 bridgehead atoms. The lowest BCUT2D eigenvalue weighted by Gasteiger charge is -2.05. The van der Waals surface area contributed by atoms with E-state index in [9.17, 15) is 4.79 Å². The number of rotatable bonds is 5. The molecule has 0 amide bonds. The van der Waals surface area contributed by atoms with Crippen LogP contribution >= 0.6 is 0 Å². The number of nitrogen functional groups attached to an aromatic ring is 1. The van der Waals surface area contributed by atoms with Gasteiger partial charge in [0.25, 0.3) is 5.56 Å². The van der Waals surface area contributed by atoms with E-state index in [-0.39, 0.29) is 11.2 Å². The van der Waals surface area contributed by atoms with Gasteiger partial charge in [-0.15, -0.1) is 0 Å². The molecule has 6 heteroatoms. The predicted octanol–water partition coefficient (Wildman–Crippen LogP) is -0.199. The molecule has 0 unspecified atom stereocenters. The summed E-state index contributed by atoms with van der Waals surface area (Å²) < 4.78 is 4.87. The van der Waals surface area contributed by atoms with Crippen molar-refractivity contribution in [1.82, 2.24) is 9.97 Å². The van der Waals surface area contributed by atoms with Crippen LogP contribution in [0.1, 0.15) is 6.42 Å². The molecule has 0 spiro atoms. The van der Waals surface area contributed by atoms with Crippen molar-refractivity contribution >= 4 is 11.5 Å². The summed E-state index contributed by atoms with van der Waals surface area (Å²) in [5.74, 6) is 0.421. The maximum atomic E-state index is 11.0. The normalized spacial score (nSPS) is 10.1. The van der Waals surface area contributed by atoms with Crippen LogP contribution in [0.5, 0.6) is 0 Å². The summed E-state index contributed by atoms with van der Waals surface area (Å²) in [7, 11) is 1.64. The Morgan fingerprint density at radius 3 is 3.21 bits per heavy atom. The van der Waals surface area contributed by atoms with Crippen molar-refractivity contribution in [3.8, 4) is 0 Å². The van der Waals surface area contributed by atoms with Crippen LogP contribution in [-0.2, 0) is 4.74 Å². The first-order valence-corrected chi connectivity index (χ1v) is 4.31. The van der Waals surface area contributed by atoms with Crippen LogP contribution in [0, 0.1) is 0 Å². The lowest BCUT2D eigenvalue weighted by Crippen LogP contribution is -2.17. The number of ether oxygens (including phenoxy) is 1. The molecule has 0 aliphatic heterocycles. The van der Waals surface area contributed by atoms with Crippen molar-refractivity contribution in [3.63, 3.8) is 0 Å². The standard InChI is InChI=1S/C8H14N4O2/c1-14-4-2-3-10-7-6(9)8(13)12-5-11-7/h5H,2-4,9H2,1H3,(H2,10,11,12,13). The summed E-state index contributed by atoms with van der Waals surface area (Å²) in [4.78, 5) is 17.3. The summed E-state index contributed by atoms with van der Waals surface area (Å²) in [5.41, 5.74) is 5.29. The van der Waals surface area contributed by atoms with E-state index < -0.39 is 0 Å². The van der Waals surface area contributed by atoms with Crippen molar-refractivity contribution in [2.24, 2.45) is 0 Å². The maximum absolute atomic E-state index is 11.0. The van der Waals surface area contributed by atoms with Gasteiger partial charge in [0, 0.05) is 20.3 Å². The second-order valence-electron chi connectivity index (χ2n) is 2.77. The second-order valence-corrected chi connectivity index (χ2v) is 2.77. The molecular formula is C8H14N4O2. The third kappa shape index (κ3) is 2.74. The monoisotopic (exact) mass is 198 g/mol. The minimum Gasteiger partial charge on any atom is -0.391 e. The summed E-state index contributed by atoms with van der Waals surface area (Å²) >= 11 is 0. The van der Waals surface area contributed by atoms with E-state index in [1.54, 1.807) is 7.11 Å².